The maximum absolute atomic E-state index is 11.1. The van der Waals surface area contributed by atoms with Gasteiger partial charge in [-0.1, -0.05) is 0 Å². The number of ether oxygens (including phenoxy) is 1. The first-order chi connectivity index (χ1) is 8.28. The van der Waals surface area contributed by atoms with E-state index in [1.807, 2.05) is 10.9 Å². The third-order valence-electron chi connectivity index (χ3n) is 2.82. The van der Waals surface area contributed by atoms with Crippen LogP contribution >= 0.6 is 11.6 Å². The van der Waals surface area contributed by atoms with Crippen LogP contribution in [-0.4, -0.2) is 34.8 Å². The maximum Gasteiger partial charge on any atom is 0.239 e. The Hall–Kier alpha value is -1.07. The summed E-state index contributed by atoms with van der Waals surface area (Å²) in [5.74, 6) is 0.364. The van der Waals surface area contributed by atoms with Crippen LogP contribution < -0.4 is 5.32 Å². The lowest BCUT2D eigenvalue weighted by atomic mass is 10.0. The van der Waals surface area contributed by atoms with Gasteiger partial charge in [0.25, 0.3) is 0 Å². The number of hydrogen-bond donors (Lipinski definition) is 1. The van der Waals surface area contributed by atoms with Gasteiger partial charge in [-0.2, -0.15) is 5.10 Å². The second-order valence-electron chi connectivity index (χ2n) is 4.19. The normalized spacial score (nSPS) is 17.0. The minimum atomic E-state index is -0.211. The van der Waals surface area contributed by atoms with Gasteiger partial charge in [-0.15, -0.1) is 11.6 Å². The molecule has 0 aliphatic carbocycles. The van der Waals surface area contributed by atoms with Crippen molar-refractivity contribution < 1.29 is 9.53 Å². The summed E-state index contributed by atoms with van der Waals surface area (Å²) in [6.07, 6.45) is 5.62. The fraction of sp³-hybridized carbons (Fsp3) is 0.636. The molecular weight excluding hydrogens is 242 g/mol. The average molecular weight is 258 g/mol. The van der Waals surface area contributed by atoms with Crippen LogP contribution in [0.2, 0.25) is 0 Å². The molecule has 1 aromatic heterocycles. The van der Waals surface area contributed by atoms with Gasteiger partial charge in [0, 0.05) is 26.0 Å². The Morgan fingerprint density at radius 1 is 1.59 bits per heavy atom. The Labute approximate surface area is 105 Å². The van der Waals surface area contributed by atoms with E-state index in [0.29, 0.717) is 11.6 Å². The lowest BCUT2D eigenvalue weighted by molar-refractivity contribution is -0.113. The Morgan fingerprint density at radius 2 is 2.35 bits per heavy atom. The number of amides is 1. The Morgan fingerprint density at radius 3 is 3.06 bits per heavy atom. The molecule has 0 unspecified atom stereocenters. The van der Waals surface area contributed by atoms with Gasteiger partial charge in [0.05, 0.1) is 11.9 Å². The van der Waals surface area contributed by atoms with Crippen LogP contribution in [0.4, 0.5) is 5.69 Å². The molecule has 1 N–H and O–H groups in total. The van der Waals surface area contributed by atoms with E-state index < -0.39 is 0 Å². The highest BCUT2D eigenvalue weighted by Gasteiger charge is 2.14. The highest BCUT2D eigenvalue weighted by molar-refractivity contribution is 6.29. The molecule has 1 saturated heterocycles. The maximum atomic E-state index is 11.1. The van der Waals surface area contributed by atoms with Crippen LogP contribution in [0.5, 0.6) is 0 Å². The van der Waals surface area contributed by atoms with E-state index in [1.54, 1.807) is 6.20 Å². The van der Waals surface area contributed by atoms with Crippen molar-refractivity contribution in [2.24, 2.45) is 5.92 Å². The van der Waals surface area contributed by atoms with Crippen LogP contribution in [0.25, 0.3) is 0 Å². The van der Waals surface area contributed by atoms with Crippen molar-refractivity contribution in [3.63, 3.8) is 0 Å². The molecular formula is C11H16ClN3O2. The number of alkyl halides is 1. The number of halogens is 1. The van der Waals surface area contributed by atoms with Crippen LogP contribution in [0.1, 0.15) is 12.8 Å². The van der Waals surface area contributed by atoms with Crippen molar-refractivity contribution in [3.8, 4) is 0 Å². The average Bonchev–Trinajstić information content (AvgIpc) is 2.77. The molecule has 0 saturated carbocycles. The van der Waals surface area contributed by atoms with Gasteiger partial charge in [0.15, 0.2) is 0 Å². The number of carbonyl (C=O) groups is 1. The fourth-order valence-electron chi connectivity index (χ4n) is 1.92. The molecule has 6 heteroatoms. The Bertz CT molecular complexity index is 375. The molecule has 5 nitrogen and oxygen atoms in total. The molecule has 0 spiro atoms. The fourth-order valence-corrected chi connectivity index (χ4v) is 1.98. The van der Waals surface area contributed by atoms with E-state index in [2.05, 4.69) is 10.4 Å². The van der Waals surface area contributed by atoms with Gasteiger partial charge in [-0.25, -0.2) is 0 Å². The molecule has 0 aromatic carbocycles. The van der Waals surface area contributed by atoms with Gasteiger partial charge in [-0.05, 0) is 18.8 Å². The minimum absolute atomic E-state index is 0.0366. The standard InChI is InChI=1S/C11H16ClN3O2/c12-5-11(16)14-10-6-13-15(8-10)7-9-1-3-17-4-2-9/h6,8-9H,1-5,7H2,(H,14,16). The topological polar surface area (TPSA) is 56.2 Å². The van der Waals surface area contributed by atoms with Crippen LogP contribution in [0.15, 0.2) is 12.4 Å². The van der Waals surface area contributed by atoms with Gasteiger partial charge >= 0.3 is 0 Å². The number of nitrogens with one attached hydrogen (secondary N) is 1. The van der Waals surface area contributed by atoms with E-state index in [1.165, 1.54) is 0 Å². The summed E-state index contributed by atoms with van der Waals surface area (Å²) >= 11 is 5.41. The van der Waals surface area contributed by atoms with Gasteiger partial charge < -0.3 is 10.1 Å². The van der Waals surface area contributed by atoms with E-state index >= 15 is 0 Å². The summed E-state index contributed by atoms with van der Waals surface area (Å²) in [5.41, 5.74) is 0.697. The molecule has 17 heavy (non-hydrogen) atoms. The molecule has 2 heterocycles. The number of aromatic nitrogens is 2. The second kappa shape index (κ2) is 6.02. The lowest BCUT2D eigenvalue weighted by Crippen LogP contribution is -2.20. The number of nitrogens with zero attached hydrogens (tertiary/aromatic N) is 2. The van der Waals surface area contributed by atoms with Crippen LogP contribution in [0, 0.1) is 5.92 Å². The third kappa shape index (κ3) is 3.71. The molecule has 1 aromatic rings. The van der Waals surface area contributed by atoms with Gasteiger partial charge in [0.1, 0.15) is 5.88 Å². The zero-order chi connectivity index (χ0) is 12.1. The Balaban J connectivity index is 1.86. The monoisotopic (exact) mass is 257 g/mol. The molecule has 94 valence electrons. The first kappa shape index (κ1) is 12.4. The molecule has 1 amide bonds. The summed E-state index contributed by atoms with van der Waals surface area (Å²) in [4.78, 5) is 11.1. The Kier molecular flexibility index (Phi) is 4.39. The van der Waals surface area contributed by atoms with Crippen molar-refractivity contribution in [3.05, 3.63) is 12.4 Å². The molecule has 1 fully saturated rings. The van der Waals surface area contributed by atoms with Crippen molar-refractivity contribution in [2.45, 2.75) is 19.4 Å². The zero-order valence-corrected chi connectivity index (χ0v) is 10.3. The predicted molar refractivity (Wildman–Crippen MR) is 65.1 cm³/mol. The molecule has 0 atom stereocenters. The third-order valence-corrected chi connectivity index (χ3v) is 3.07. The second-order valence-corrected chi connectivity index (χ2v) is 4.46. The quantitative estimate of drug-likeness (QED) is 0.832. The summed E-state index contributed by atoms with van der Waals surface area (Å²) in [6, 6.07) is 0. The molecule has 2 rings (SSSR count). The summed E-state index contributed by atoms with van der Waals surface area (Å²) < 4.78 is 7.17. The van der Waals surface area contributed by atoms with Crippen LogP contribution in [0.3, 0.4) is 0 Å². The predicted octanol–water partition coefficient (Wildman–Crippen LogP) is 1.49. The zero-order valence-electron chi connectivity index (χ0n) is 9.56. The number of rotatable bonds is 4. The first-order valence-corrected chi connectivity index (χ1v) is 6.27. The van der Waals surface area contributed by atoms with Crippen LogP contribution in [-0.2, 0) is 16.1 Å². The highest BCUT2D eigenvalue weighted by Crippen LogP contribution is 2.17. The van der Waals surface area contributed by atoms with Crippen molar-refractivity contribution in [1.29, 1.82) is 0 Å². The largest absolute Gasteiger partial charge is 0.381 e. The number of carbonyl (C=O) groups excluding carboxylic acids is 1. The first-order valence-electron chi connectivity index (χ1n) is 5.74. The molecule has 0 radical (unpaired) electrons. The molecule has 1 aliphatic heterocycles. The van der Waals surface area contributed by atoms with Gasteiger partial charge in [0.2, 0.25) is 5.91 Å². The van der Waals surface area contributed by atoms with Crippen molar-refractivity contribution >= 4 is 23.2 Å². The van der Waals surface area contributed by atoms with E-state index in [-0.39, 0.29) is 11.8 Å². The van der Waals surface area contributed by atoms with Crippen molar-refractivity contribution in [2.75, 3.05) is 24.4 Å². The molecule has 1 aliphatic rings. The smallest absolute Gasteiger partial charge is 0.239 e. The SMILES string of the molecule is O=C(CCl)Nc1cnn(CC2CCOCC2)c1. The summed E-state index contributed by atoms with van der Waals surface area (Å²) in [5, 5.41) is 6.89. The van der Waals surface area contributed by atoms with E-state index in [9.17, 15) is 4.79 Å². The number of hydrogen-bond acceptors (Lipinski definition) is 3. The molecule has 0 bridgehead atoms. The minimum Gasteiger partial charge on any atom is -0.381 e. The van der Waals surface area contributed by atoms with Crippen molar-refractivity contribution in [1.82, 2.24) is 9.78 Å². The van der Waals surface area contributed by atoms with Gasteiger partial charge in [-0.3, -0.25) is 9.48 Å². The summed E-state index contributed by atoms with van der Waals surface area (Å²) in [6.45, 7) is 2.55. The lowest BCUT2D eigenvalue weighted by Gasteiger charge is -2.21. The number of anilines is 1. The summed E-state index contributed by atoms with van der Waals surface area (Å²) in [7, 11) is 0. The van der Waals surface area contributed by atoms with E-state index in [4.69, 9.17) is 16.3 Å². The highest BCUT2D eigenvalue weighted by atomic mass is 35.5. The van der Waals surface area contributed by atoms with E-state index in [0.717, 1.165) is 32.6 Å².